The van der Waals surface area contributed by atoms with E-state index >= 15 is 0 Å². The summed E-state index contributed by atoms with van der Waals surface area (Å²) in [6.45, 7) is 8.46. The third-order valence-corrected chi connectivity index (χ3v) is 0.175. The van der Waals surface area contributed by atoms with Crippen LogP contribution in [0, 0.1) is 6.92 Å². The van der Waals surface area contributed by atoms with Gasteiger partial charge in [0, 0.05) is 6.08 Å². The summed E-state index contributed by atoms with van der Waals surface area (Å²) >= 11 is 0. The fraction of sp³-hybridized carbons (Fsp3) is 0.333. The van der Waals surface area contributed by atoms with Crippen LogP contribution in [0.3, 0.4) is 0 Å². The Morgan fingerprint density at radius 3 is 1.62 bits per heavy atom. The molecule has 0 spiro atoms. The van der Waals surface area contributed by atoms with E-state index in [1.807, 2.05) is 6.92 Å². The summed E-state index contributed by atoms with van der Waals surface area (Å²) in [5.74, 6) is -0.981. The number of carbonyl (C=O) groups is 1. The van der Waals surface area contributed by atoms with Crippen LogP contribution in [0.5, 0.6) is 0 Å². The van der Waals surface area contributed by atoms with Crippen LogP contribution in [0.4, 0.5) is 0 Å². The molecule has 0 aromatic rings. The van der Waals surface area contributed by atoms with Crippen LogP contribution in [-0.2, 0) is 15.4 Å². The summed E-state index contributed by atoms with van der Waals surface area (Å²) in [6.07, 6.45) is 1.83. The Labute approximate surface area is 101 Å². The fourth-order valence-electron chi connectivity index (χ4n) is 0. The predicted octanol–water partition coefficient (Wildman–Crippen LogP) is -2.51. The summed E-state index contributed by atoms with van der Waals surface area (Å²) < 4.78 is 25.3. The van der Waals surface area contributed by atoms with E-state index in [2.05, 4.69) is 13.5 Å². The molecule has 0 fully saturated rings. The molecule has 5 nitrogen and oxygen atoms in total. The Hall–Kier alpha value is -0.170. The molecule has 0 bridgehead atoms. The van der Waals surface area contributed by atoms with Crippen LogP contribution < -0.4 is 29.6 Å². The van der Waals surface area contributed by atoms with Crippen molar-refractivity contribution in [3.8, 4) is 0 Å². The third kappa shape index (κ3) is 341. The van der Waals surface area contributed by atoms with E-state index in [-0.39, 0.29) is 29.6 Å². The second-order valence-electron chi connectivity index (χ2n) is 1.25. The van der Waals surface area contributed by atoms with E-state index in [1.165, 1.54) is 0 Å². The van der Waals surface area contributed by atoms with Crippen molar-refractivity contribution in [2.24, 2.45) is 0 Å². The number of hydrogen-bond acceptors (Lipinski definition) is 4. The first-order valence-electron chi connectivity index (χ1n) is 2.83. The molecule has 0 aliphatic rings. The third-order valence-electron chi connectivity index (χ3n) is 0.175. The molecule has 0 atom stereocenters. The summed E-state index contributed by atoms with van der Waals surface area (Å²) in [7, 11) is -3.11. The van der Waals surface area contributed by atoms with Crippen LogP contribution in [0.1, 0.15) is 13.3 Å². The second-order valence-corrected chi connectivity index (χ2v) is 1.65. The molecule has 0 saturated heterocycles. The van der Waals surface area contributed by atoms with Crippen LogP contribution in [0.25, 0.3) is 0 Å². The molecular weight excluding hydrogens is 207 g/mol. The first-order chi connectivity index (χ1) is 5.42. The SMILES string of the molecule is C=CC(=O)O.O=S(=O)=O.[CH2-]CC.[Na+]. The second kappa shape index (κ2) is 22.6. The molecule has 7 heteroatoms. The predicted molar refractivity (Wildman–Crippen MR) is 43.2 cm³/mol. The van der Waals surface area contributed by atoms with Crippen LogP contribution >= 0.6 is 0 Å². The van der Waals surface area contributed by atoms with Crippen molar-refractivity contribution >= 4 is 16.6 Å². The van der Waals surface area contributed by atoms with Crippen molar-refractivity contribution in [3.05, 3.63) is 19.6 Å². The van der Waals surface area contributed by atoms with Crippen LogP contribution in [0.2, 0.25) is 0 Å². The molecule has 0 radical (unpaired) electrons. The summed E-state index contributed by atoms with van der Waals surface area (Å²) in [4.78, 5) is 9.25. The van der Waals surface area contributed by atoms with Gasteiger partial charge in [-0.3, -0.25) is 0 Å². The van der Waals surface area contributed by atoms with E-state index in [0.717, 1.165) is 12.5 Å². The monoisotopic (exact) mass is 218 g/mol. The Bertz CT molecular complexity index is 199. The molecule has 0 unspecified atom stereocenters. The maximum atomic E-state index is 9.25. The van der Waals surface area contributed by atoms with Gasteiger partial charge in [-0.15, -0.1) is 12.6 Å². The first-order valence-corrected chi connectivity index (χ1v) is 3.83. The zero-order valence-corrected chi connectivity index (χ0v) is 10.5. The van der Waals surface area contributed by atoms with Gasteiger partial charge in [0.2, 0.25) is 0 Å². The van der Waals surface area contributed by atoms with E-state index in [0.29, 0.717) is 0 Å². The minimum Gasteiger partial charge on any atom is -0.478 e. The Balaban J connectivity index is -0.0000000465. The van der Waals surface area contributed by atoms with Gasteiger partial charge in [-0.1, -0.05) is 13.5 Å². The zero-order valence-electron chi connectivity index (χ0n) is 7.69. The number of rotatable bonds is 1. The average molecular weight is 218 g/mol. The molecule has 0 saturated carbocycles. The van der Waals surface area contributed by atoms with E-state index in [1.54, 1.807) is 0 Å². The number of hydrogen-bond donors (Lipinski definition) is 1. The maximum absolute atomic E-state index is 9.25. The number of carboxylic acid groups (broad SMARTS) is 1. The van der Waals surface area contributed by atoms with Crippen molar-refractivity contribution in [1.29, 1.82) is 0 Å². The van der Waals surface area contributed by atoms with E-state index < -0.39 is 16.6 Å². The topological polar surface area (TPSA) is 88.5 Å². The van der Waals surface area contributed by atoms with E-state index in [4.69, 9.17) is 17.7 Å². The largest absolute Gasteiger partial charge is 1.00 e. The molecule has 72 valence electrons. The molecule has 0 aromatic heterocycles. The molecule has 0 aliphatic carbocycles. The summed E-state index contributed by atoms with van der Waals surface area (Å²) in [5.41, 5.74) is 0. The zero-order chi connectivity index (χ0) is 10.6. The Morgan fingerprint density at radius 2 is 1.62 bits per heavy atom. The normalized spacial score (nSPS) is 5.69. The number of aliphatic carboxylic acids is 1. The summed E-state index contributed by atoms with van der Waals surface area (Å²) in [5, 5.41) is 7.60. The van der Waals surface area contributed by atoms with Crippen molar-refractivity contribution in [1.82, 2.24) is 0 Å². The van der Waals surface area contributed by atoms with Crippen molar-refractivity contribution < 1.29 is 52.1 Å². The smallest absolute Gasteiger partial charge is 0.478 e. The summed E-state index contributed by atoms with van der Waals surface area (Å²) in [6, 6.07) is 0. The average Bonchev–Trinajstić information content (AvgIpc) is 1.88. The van der Waals surface area contributed by atoms with Gasteiger partial charge >= 0.3 is 46.1 Å². The quantitative estimate of drug-likeness (QED) is 0.298. The molecule has 0 aromatic carbocycles. The molecule has 0 rings (SSSR count). The molecular formula is C6H11NaO5S. The van der Waals surface area contributed by atoms with Gasteiger partial charge in [-0.2, -0.15) is 6.42 Å². The van der Waals surface area contributed by atoms with Gasteiger partial charge < -0.3 is 12.0 Å². The molecule has 0 aliphatic heterocycles. The fourth-order valence-corrected chi connectivity index (χ4v) is 0. The minimum absolute atomic E-state index is 0. The molecule has 1 N–H and O–H groups in total. The van der Waals surface area contributed by atoms with Gasteiger partial charge in [-0.25, -0.2) is 4.79 Å². The number of carboxylic acids is 1. The van der Waals surface area contributed by atoms with E-state index in [9.17, 15) is 4.79 Å². The standard InChI is InChI=1S/C3H4O2.C3H7.Na.O3S/c1-2-3(4)5;1-3-2;;1-4(2)3/h2H,1H2,(H,4,5);1,3H2,2H3;;/q;-1;+1;. The van der Waals surface area contributed by atoms with Crippen molar-refractivity contribution in [2.45, 2.75) is 13.3 Å². The maximum Gasteiger partial charge on any atom is 1.00 e. The Morgan fingerprint density at radius 1 is 1.54 bits per heavy atom. The molecule has 0 heterocycles. The van der Waals surface area contributed by atoms with Crippen molar-refractivity contribution in [3.63, 3.8) is 0 Å². The molecule has 0 amide bonds. The van der Waals surface area contributed by atoms with Crippen LogP contribution in [0.15, 0.2) is 12.7 Å². The Kier molecular flexibility index (Phi) is 40.1. The van der Waals surface area contributed by atoms with Gasteiger partial charge in [0.1, 0.15) is 0 Å². The van der Waals surface area contributed by atoms with Gasteiger partial charge in [0.25, 0.3) is 0 Å². The minimum atomic E-state index is -3.11. The van der Waals surface area contributed by atoms with Crippen LogP contribution in [-0.4, -0.2) is 23.7 Å². The van der Waals surface area contributed by atoms with Crippen molar-refractivity contribution in [2.75, 3.05) is 0 Å². The van der Waals surface area contributed by atoms with Gasteiger partial charge in [-0.05, 0) is 0 Å². The first kappa shape index (κ1) is 23.0. The molecule has 13 heavy (non-hydrogen) atoms. The van der Waals surface area contributed by atoms with Gasteiger partial charge in [0.05, 0.1) is 0 Å². The van der Waals surface area contributed by atoms with Gasteiger partial charge in [0.15, 0.2) is 0 Å².